The Morgan fingerprint density at radius 1 is 1.11 bits per heavy atom. The van der Waals surface area contributed by atoms with E-state index in [0.29, 0.717) is 36.7 Å². The Balaban J connectivity index is 1.79. The summed E-state index contributed by atoms with van der Waals surface area (Å²) in [5.41, 5.74) is 0.248. The molecule has 9 heteroatoms. The molecule has 0 N–H and O–H groups in total. The zero-order chi connectivity index (χ0) is 20.5. The Hall–Kier alpha value is -2.97. The zero-order valence-corrected chi connectivity index (χ0v) is 15.4. The number of hydrogen-bond acceptors (Lipinski definition) is 4. The summed E-state index contributed by atoms with van der Waals surface area (Å²) in [4.78, 5) is 26.0. The predicted octanol–water partition coefficient (Wildman–Crippen LogP) is 2.47. The lowest BCUT2D eigenvalue weighted by molar-refractivity contribution is -0.139. The molecule has 0 unspecified atom stereocenters. The number of benzene rings is 1. The summed E-state index contributed by atoms with van der Waals surface area (Å²) < 4.78 is 49.9. The Kier molecular flexibility index (Phi) is 5.35. The van der Waals surface area contributed by atoms with Gasteiger partial charge in [-0.1, -0.05) is 0 Å². The SMILES string of the molecule is COc1cc2c(cc1OC)CN(C(=O)Cn1cc(C(F)(F)F)ccc1=O)CC2. The largest absolute Gasteiger partial charge is 0.493 e. The van der Waals surface area contributed by atoms with Gasteiger partial charge < -0.3 is 18.9 Å². The van der Waals surface area contributed by atoms with Crippen LogP contribution in [0.5, 0.6) is 11.5 Å². The monoisotopic (exact) mass is 396 g/mol. The first-order chi connectivity index (χ1) is 13.2. The van der Waals surface area contributed by atoms with Gasteiger partial charge in [-0.15, -0.1) is 0 Å². The first-order valence-corrected chi connectivity index (χ1v) is 8.52. The van der Waals surface area contributed by atoms with Crippen molar-refractivity contribution in [1.29, 1.82) is 0 Å². The molecule has 0 atom stereocenters. The van der Waals surface area contributed by atoms with Crippen molar-refractivity contribution in [3.05, 3.63) is 57.5 Å². The molecule has 2 heterocycles. The van der Waals surface area contributed by atoms with Crippen LogP contribution in [-0.4, -0.2) is 36.1 Å². The van der Waals surface area contributed by atoms with Crippen molar-refractivity contribution in [2.45, 2.75) is 25.7 Å². The van der Waals surface area contributed by atoms with Crippen molar-refractivity contribution < 1.29 is 27.4 Å². The maximum Gasteiger partial charge on any atom is 0.417 e. The van der Waals surface area contributed by atoms with E-state index in [0.717, 1.165) is 21.8 Å². The molecular formula is C19H19F3N2O4. The molecule has 0 saturated heterocycles. The summed E-state index contributed by atoms with van der Waals surface area (Å²) in [5.74, 6) is 0.697. The van der Waals surface area contributed by atoms with Crippen LogP contribution in [0, 0.1) is 0 Å². The van der Waals surface area contributed by atoms with E-state index in [9.17, 15) is 22.8 Å². The molecule has 0 bridgehead atoms. The number of carbonyl (C=O) groups excluding carboxylic acids is 1. The van der Waals surface area contributed by atoms with Crippen LogP contribution in [0.25, 0.3) is 0 Å². The maximum atomic E-state index is 12.9. The smallest absolute Gasteiger partial charge is 0.417 e. The van der Waals surface area contributed by atoms with Gasteiger partial charge in [-0.25, -0.2) is 0 Å². The van der Waals surface area contributed by atoms with Crippen LogP contribution in [0.3, 0.4) is 0 Å². The minimum Gasteiger partial charge on any atom is -0.493 e. The van der Waals surface area contributed by atoms with Crippen molar-refractivity contribution >= 4 is 5.91 Å². The molecule has 1 aromatic carbocycles. The third-order valence-electron chi connectivity index (χ3n) is 4.69. The number of halogens is 3. The van der Waals surface area contributed by atoms with E-state index in [1.165, 1.54) is 19.1 Å². The van der Waals surface area contributed by atoms with Gasteiger partial charge in [0, 0.05) is 25.4 Å². The molecule has 0 saturated carbocycles. The fourth-order valence-corrected chi connectivity index (χ4v) is 3.16. The topological polar surface area (TPSA) is 60.8 Å². The zero-order valence-electron chi connectivity index (χ0n) is 15.4. The molecule has 3 rings (SSSR count). The standard InChI is InChI=1S/C19H19F3N2O4/c1-27-15-7-12-5-6-23(9-13(12)8-16(15)28-2)18(26)11-24-10-14(19(20,21)22)3-4-17(24)25/h3-4,7-8,10H,5-6,9,11H2,1-2H3. The number of pyridine rings is 1. The van der Waals surface area contributed by atoms with E-state index >= 15 is 0 Å². The van der Waals surface area contributed by atoms with Crippen LogP contribution < -0.4 is 15.0 Å². The molecule has 0 spiro atoms. The highest BCUT2D eigenvalue weighted by molar-refractivity contribution is 5.76. The average Bonchev–Trinajstić information content (AvgIpc) is 2.67. The van der Waals surface area contributed by atoms with Gasteiger partial charge in [0.05, 0.1) is 19.8 Å². The average molecular weight is 396 g/mol. The predicted molar refractivity (Wildman–Crippen MR) is 94.4 cm³/mol. The number of rotatable bonds is 4. The molecular weight excluding hydrogens is 377 g/mol. The van der Waals surface area contributed by atoms with Gasteiger partial charge in [0.1, 0.15) is 6.54 Å². The number of fused-ring (bicyclic) bond motifs is 1. The van der Waals surface area contributed by atoms with Gasteiger partial charge in [-0.3, -0.25) is 9.59 Å². The Morgan fingerprint density at radius 2 is 1.75 bits per heavy atom. The normalized spacial score (nSPS) is 13.8. The van der Waals surface area contributed by atoms with E-state index < -0.39 is 29.8 Å². The molecule has 150 valence electrons. The third-order valence-corrected chi connectivity index (χ3v) is 4.69. The van der Waals surface area contributed by atoms with E-state index in [1.54, 1.807) is 6.07 Å². The molecule has 0 aliphatic carbocycles. The number of alkyl halides is 3. The van der Waals surface area contributed by atoms with Crippen LogP contribution in [-0.2, 0) is 30.5 Å². The lowest BCUT2D eigenvalue weighted by Gasteiger charge is -2.30. The highest BCUT2D eigenvalue weighted by atomic mass is 19.4. The van der Waals surface area contributed by atoms with Crippen molar-refractivity contribution in [2.24, 2.45) is 0 Å². The van der Waals surface area contributed by atoms with Gasteiger partial charge in [-0.05, 0) is 35.7 Å². The number of nitrogens with zero attached hydrogens (tertiary/aromatic N) is 2. The Bertz CT molecular complexity index is 953. The lowest BCUT2D eigenvalue weighted by atomic mass is 9.98. The fraction of sp³-hybridized carbons (Fsp3) is 0.368. The van der Waals surface area contributed by atoms with Crippen LogP contribution in [0.2, 0.25) is 0 Å². The second-order valence-electron chi connectivity index (χ2n) is 6.42. The van der Waals surface area contributed by atoms with E-state index in [1.807, 2.05) is 6.07 Å². The number of carbonyl (C=O) groups is 1. The molecule has 1 aromatic heterocycles. The Labute approximate surface area is 159 Å². The lowest BCUT2D eigenvalue weighted by Crippen LogP contribution is -2.39. The summed E-state index contributed by atoms with van der Waals surface area (Å²) in [6, 6.07) is 5.16. The summed E-state index contributed by atoms with van der Waals surface area (Å²) in [6.07, 6.45) is -3.34. The van der Waals surface area contributed by atoms with Crippen molar-refractivity contribution in [2.75, 3.05) is 20.8 Å². The van der Waals surface area contributed by atoms with E-state index in [2.05, 4.69) is 0 Å². The number of aromatic nitrogens is 1. The third kappa shape index (κ3) is 3.97. The minimum atomic E-state index is -4.59. The van der Waals surface area contributed by atoms with Gasteiger partial charge >= 0.3 is 6.18 Å². The number of ether oxygens (including phenoxy) is 2. The molecule has 2 aromatic rings. The van der Waals surface area contributed by atoms with Gasteiger partial charge in [-0.2, -0.15) is 13.2 Å². The highest BCUT2D eigenvalue weighted by Crippen LogP contribution is 2.33. The summed E-state index contributed by atoms with van der Waals surface area (Å²) in [5, 5.41) is 0. The van der Waals surface area contributed by atoms with Crippen molar-refractivity contribution in [3.8, 4) is 11.5 Å². The van der Waals surface area contributed by atoms with Crippen LogP contribution >= 0.6 is 0 Å². The fourth-order valence-electron chi connectivity index (χ4n) is 3.16. The Morgan fingerprint density at radius 3 is 2.36 bits per heavy atom. The maximum absolute atomic E-state index is 12.9. The molecule has 0 fully saturated rings. The van der Waals surface area contributed by atoms with Gasteiger partial charge in [0.25, 0.3) is 5.56 Å². The van der Waals surface area contributed by atoms with Crippen molar-refractivity contribution in [1.82, 2.24) is 9.47 Å². The highest BCUT2D eigenvalue weighted by Gasteiger charge is 2.31. The van der Waals surface area contributed by atoms with Crippen LogP contribution in [0.4, 0.5) is 13.2 Å². The molecule has 28 heavy (non-hydrogen) atoms. The van der Waals surface area contributed by atoms with E-state index in [-0.39, 0.29) is 6.54 Å². The molecule has 1 aliphatic rings. The number of hydrogen-bond donors (Lipinski definition) is 0. The van der Waals surface area contributed by atoms with Crippen molar-refractivity contribution in [3.63, 3.8) is 0 Å². The van der Waals surface area contributed by atoms with Crippen LogP contribution in [0.15, 0.2) is 35.3 Å². The molecule has 0 radical (unpaired) electrons. The summed E-state index contributed by atoms with van der Waals surface area (Å²) in [6.45, 7) is 0.225. The number of amides is 1. The summed E-state index contributed by atoms with van der Waals surface area (Å²) in [7, 11) is 3.05. The molecule has 1 aliphatic heterocycles. The number of methoxy groups -OCH3 is 2. The summed E-state index contributed by atoms with van der Waals surface area (Å²) >= 11 is 0. The minimum absolute atomic E-state index is 0.280. The first kappa shape index (κ1) is 19.8. The second kappa shape index (κ2) is 7.57. The quantitative estimate of drug-likeness (QED) is 0.797. The molecule has 6 nitrogen and oxygen atoms in total. The van der Waals surface area contributed by atoms with Gasteiger partial charge in [0.2, 0.25) is 5.91 Å². The first-order valence-electron chi connectivity index (χ1n) is 8.52. The van der Waals surface area contributed by atoms with Crippen LogP contribution in [0.1, 0.15) is 16.7 Å². The second-order valence-corrected chi connectivity index (χ2v) is 6.42. The van der Waals surface area contributed by atoms with Gasteiger partial charge in [0.15, 0.2) is 11.5 Å². The molecule has 1 amide bonds. The van der Waals surface area contributed by atoms with E-state index in [4.69, 9.17) is 9.47 Å².